The minimum Gasteiger partial charge on any atom is -0.255 e. The Morgan fingerprint density at radius 2 is 1.50 bits per heavy atom. The van der Waals surface area contributed by atoms with Gasteiger partial charge in [0, 0.05) is 0 Å². The van der Waals surface area contributed by atoms with Gasteiger partial charge in [-0.15, -0.1) is 0 Å². The maximum absolute atomic E-state index is 9.30. The molecule has 0 fully saturated rings. The van der Waals surface area contributed by atoms with Gasteiger partial charge in [0.05, 0.1) is 10.0 Å². The van der Waals surface area contributed by atoms with E-state index in [0.717, 1.165) is 0 Å². The Morgan fingerprint density at radius 1 is 1.50 bits per heavy atom. The molecule has 0 aromatic heterocycles. The van der Waals surface area contributed by atoms with Gasteiger partial charge in [0.1, 0.15) is 0 Å². The smallest absolute Gasteiger partial charge is 0.255 e. The molecule has 0 aliphatic heterocycles. The zero-order chi connectivity index (χ0) is 4.50. The predicted molar refractivity (Wildman–Crippen MR) is 18.5 cm³/mol. The van der Waals surface area contributed by atoms with Crippen LogP contribution in [0.2, 0.25) is 0 Å². The summed E-state index contributed by atoms with van der Waals surface area (Å²) in [6.07, 6.45) is 2.52. The van der Waals surface area contributed by atoms with Crippen LogP contribution < -0.4 is 34.7 Å². The third-order valence-electron chi connectivity index (χ3n) is 0. The average Bonchev–Trinajstić information content (AvgIpc) is 0.722. The monoisotopic (exact) mass is 117 g/mol. The number of hydrogen-bond acceptors (Lipinski definition) is 2. The van der Waals surface area contributed by atoms with E-state index in [1.807, 2.05) is 0 Å². The van der Waals surface area contributed by atoms with Crippen LogP contribution in [0.3, 0.4) is 0 Å². The SMILES string of the molecule is [CH2-]S(N)(=O)=O.[Na+]. The quantitative estimate of drug-likeness (QED) is 0.260. The molecule has 2 N–H and O–H groups in total. The standard InChI is InChI=1S/CH4NO2S.Na/c1-5(2,3)4;/h1H2,(H2,2,3,4);/q-1;+1. The molecule has 0 atom stereocenters. The summed E-state index contributed by atoms with van der Waals surface area (Å²) in [6, 6.07) is 0. The Labute approximate surface area is 59.3 Å². The summed E-state index contributed by atoms with van der Waals surface area (Å²) in [5.74, 6) is 0. The van der Waals surface area contributed by atoms with Crippen LogP contribution in [0, 0.1) is 6.26 Å². The van der Waals surface area contributed by atoms with E-state index < -0.39 is 10.0 Å². The normalized spacial score (nSPS) is 9.67. The minimum atomic E-state index is -3.42. The van der Waals surface area contributed by atoms with Gasteiger partial charge in [-0.3, -0.25) is 5.14 Å². The van der Waals surface area contributed by atoms with Gasteiger partial charge in [-0.1, -0.05) is 0 Å². The molecule has 0 aromatic carbocycles. The van der Waals surface area contributed by atoms with Gasteiger partial charge in [0.15, 0.2) is 0 Å². The molecule has 0 aliphatic carbocycles. The number of nitrogens with two attached hydrogens (primary N) is 1. The molecule has 5 heteroatoms. The topological polar surface area (TPSA) is 60.2 Å². The number of primary sulfonamides is 1. The molecule has 32 valence electrons. The molecule has 3 nitrogen and oxygen atoms in total. The van der Waals surface area contributed by atoms with Crippen LogP contribution in [-0.4, -0.2) is 8.42 Å². The molecule has 0 rings (SSSR count). The summed E-state index contributed by atoms with van der Waals surface area (Å²) in [6.45, 7) is 0. The first-order valence-electron chi connectivity index (χ1n) is 0.858. The fraction of sp³-hybridized carbons (Fsp3) is 0. The average molecular weight is 117 g/mol. The van der Waals surface area contributed by atoms with Crippen molar-refractivity contribution in [3.63, 3.8) is 0 Å². The molecule has 6 heavy (non-hydrogen) atoms. The molecular formula is CH4NNaO2S. The van der Waals surface area contributed by atoms with Gasteiger partial charge in [-0.25, -0.2) is 14.7 Å². The van der Waals surface area contributed by atoms with Gasteiger partial charge < -0.3 is 0 Å². The maximum Gasteiger partial charge on any atom is 1.00 e. The molecular weight excluding hydrogens is 113 g/mol. The van der Waals surface area contributed by atoms with Crippen LogP contribution in [0.25, 0.3) is 0 Å². The first-order chi connectivity index (χ1) is 2.00. The number of hydrogen-bond donors (Lipinski definition) is 1. The maximum atomic E-state index is 9.30. The third kappa shape index (κ3) is 90.6. The molecule has 0 saturated heterocycles. The van der Waals surface area contributed by atoms with Gasteiger partial charge >= 0.3 is 29.6 Å². The fourth-order valence-electron chi connectivity index (χ4n) is 0. The van der Waals surface area contributed by atoms with Crippen molar-refractivity contribution in [2.45, 2.75) is 0 Å². The molecule has 0 saturated carbocycles. The number of rotatable bonds is 0. The van der Waals surface area contributed by atoms with Crippen molar-refractivity contribution in [1.29, 1.82) is 0 Å². The molecule has 0 unspecified atom stereocenters. The van der Waals surface area contributed by atoms with Crippen molar-refractivity contribution in [3.8, 4) is 0 Å². The second-order valence-electron chi connectivity index (χ2n) is 0.663. The van der Waals surface area contributed by atoms with Crippen LogP contribution in [0.5, 0.6) is 0 Å². The van der Waals surface area contributed by atoms with Gasteiger partial charge in [0.25, 0.3) is 0 Å². The molecule has 0 heterocycles. The van der Waals surface area contributed by atoms with Crippen LogP contribution in [-0.2, 0) is 10.0 Å². The number of sulfonamides is 1. The van der Waals surface area contributed by atoms with E-state index >= 15 is 0 Å². The van der Waals surface area contributed by atoms with Crippen molar-refractivity contribution >= 4 is 10.0 Å². The van der Waals surface area contributed by atoms with Crippen LogP contribution >= 0.6 is 0 Å². The first-order valence-corrected chi connectivity index (χ1v) is 2.57. The predicted octanol–water partition coefficient (Wildman–Crippen LogP) is -3.93. The summed E-state index contributed by atoms with van der Waals surface area (Å²) < 4.78 is 18.6. The van der Waals surface area contributed by atoms with E-state index in [4.69, 9.17) is 0 Å². The molecule has 0 aliphatic rings. The Bertz CT molecular complexity index is 96.7. The molecule has 0 radical (unpaired) electrons. The van der Waals surface area contributed by atoms with Crippen molar-refractivity contribution in [3.05, 3.63) is 6.26 Å². The summed E-state index contributed by atoms with van der Waals surface area (Å²) >= 11 is 0. The fourth-order valence-corrected chi connectivity index (χ4v) is 0. The second kappa shape index (κ2) is 2.98. The van der Waals surface area contributed by atoms with Crippen LogP contribution in [0.4, 0.5) is 0 Å². The largest absolute Gasteiger partial charge is 1.00 e. The van der Waals surface area contributed by atoms with Crippen LogP contribution in [0.1, 0.15) is 0 Å². The molecule has 0 amide bonds. The first kappa shape index (κ1) is 10.0. The minimum absolute atomic E-state index is 0. The Morgan fingerprint density at radius 3 is 1.50 bits per heavy atom. The zero-order valence-electron chi connectivity index (χ0n) is 3.51. The summed E-state index contributed by atoms with van der Waals surface area (Å²) in [5, 5.41) is 4.22. The molecule has 0 spiro atoms. The Balaban J connectivity index is 0. The molecule has 0 bridgehead atoms. The van der Waals surface area contributed by atoms with E-state index in [9.17, 15) is 8.42 Å². The Kier molecular flexibility index (Phi) is 4.98. The summed E-state index contributed by atoms with van der Waals surface area (Å²) in [4.78, 5) is 0. The van der Waals surface area contributed by atoms with Gasteiger partial charge in [0.2, 0.25) is 0 Å². The van der Waals surface area contributed by atoms with E-state index in [1.54, 1.807) is 0 Å². The van der Waals surface area contributed by atoms with E-state index in [0.29, 0.717) is 0 Å². The Hall–Kier alpha value is 0.910. The summed E-state index contributed by atoms with van der Waals surface area (Å²) in [5.41, 5.74) is 0. The van der Waals surface area contributed by atoms with E-state index in [1.165, 1.54) is 0 Å². The van der Waals surface area contributed by atoms with Crippen molar-refractivity contribution in [2.75, 3.05) is 0 Å². The van der Waals surface area contributed by atoms with Crippen LogP contribution in [0.15, 0.2) is 0 Å². The van der Waals surface area contributed by atoms with Crippen molar-refractivity contribution in [2.24, 2.45) is 5.14 Å². The van der Waals surface area contributed by atoms with E-state index in [2.05, 4.69) is 11.4 Å². The van der Waals surface area contributed by atoms with Crippen molar-refractivity contribution < 1.29 is 38.0 Å². The third-order valence-corrected chi connectivity index (χ3v) is 0. The zero-order valence-corrected chi connectivity index (χ0v) is 6.33. The van der Waals surface area contributed by atoms with E-state index in [-0.39, 0.29) is 29.6 Å². The van der Waals surface area contributed by atoms with Gasteiger partial charge in [-0.2, -0.15) is 0 Å². The van der Waals surface area contributed by atoms with Gasteiger partial charge in [-0.05, 0) is 0 Å². The van der Waals surface area contributed by atoms with Crippen molar-refractivity contribution in [1.82, 2.24) is 0 Å². The summed E-state index contributed by atoms with van der Waals surface area (Å²) in [7, 11) is -3.42. The second-order valence-corrected chi connectivity index (χ2v) is 1.99. The molecule has 0 aromatic rings.